The summed E-state index contributed by atoms with van der Waals surface area (Å²) in [5.41, 5.74) is 1.30. The van der Waals surface area contributed by atoms with Crippen molar-refractivity contribution < 1.29 is 14.3 Å². The summed E-state index contributed by atoms with van der Waals surface area (Å²) in [6, 6.07) is 10.9. The van der Waals surface area contributed by atoms with Gasteiger partial charge >= 0.3 is 0 Å². The maximum Gasteiger partial charge on any atom is 0.204 e. The summed E-state index contributed by atoms with van der Waals surface area (Å²) in [5.74, 6) is 1.28. The van der Waals surface area contributed by atoms with Crippen molar-refractivity contribution in [2.24, 2.45) is 0 Å². The molecule has 0 atom stereocenters. The summed E-state index contributed by atoms with van der Waals surface area (Å²) < 4.78 is 11.3. The highest BCUT2D eigenvalue weighted by Crippen LogP contribution is 2.29. The zero-order valence-electron chi connectivity index (χ0n) is 13.5. The van der Waals surface area contributed by atoms with E-state index in [-0.39, 0.29) is 5.78 Å². The van der Waals surface area contributed by atoms with E-state index < -0.39 is 0 Å². The number of nitrogens with zero attached hydrogens (tertiary/aromatic N) is 1. The van der Waals surface area contributed by atoms with E-state index in [4.69, 9.17) is 9.47 Å². The van der Waals surface area contributed by atoms with Crippen LogP contribution < -0.4 is 9.47 Å². The number of carbonyl (C=O) groups is 1. The first-order valence-electron chi connectivity index (χ1n) is 7.77. The summed E-state index contributed by atoms with van der Waals surface area (Å²) in [5, 5.41) is 0. The Balaban J connectivity index is 2.14. The third-order valence-electron chi connectivity index (χ3n) is 3.07. The molecular formula is C19H21NO3. The monoisotopic (exact) mass is 311 g/mol. The van der Waals surface area contributed by atoms with Gasteiger partial charge in [0.1, 0.15) is 5.69 Å². The molecule has 4 nitrogen and oxygen atoms in total. The molecule has 0 saturated heterocycles. The van der Waals surface area contributed by atoms with E-state index in [1.165, 1.54) is 6.08 Å². The number of allylic oxidation sites excluding steroid dienone is 1. The van der Waals surface area contributed by atoms with Gasteiger partial charge in [-0.05, 0) is 49.2 Å². The zero-order chi connectivity index (χ0) is 16.5. The Morgan fingerprint density at radius 3 is 2.70 bits per heavy atom. The van der Waals surface area contributed by atoms with Crippen molar-refractivity contribution in [1.82, 2.24) is 4.98 Å². The largest absolute Gasteiger partial charge is 0.490 e. The molecule has 0 bridgehead atoms. The molecule has 1 aromatic heterocycles. The fourth-order valence-corrected chi connectivity index (χ4v) is 1.99. The quantitative estimate of drug-likeness (QED) is 0.542. The molecule has 1 heterocycles. The van der Waals surface area contributed by atoms with Crippen molar-refractivity contribution in [2.75, 3.05) is 13.2 Å². The van der Waals surface area contributed by atoms with E-state index in [1.54, 1.807) is 30.5 Å². The SMILES string of the molecule is CCCOc1ccc(/C=C/C(=O)c2ccccn2)cc1OCC. The van der Waals surface area contributed by atoms with Gasteiger partial charge in [-0.3, -0.25) is 9.78 Å². The highest BCUT2D eigenvalue weighted by atomic mass is 16.5. The summed E-state index contributed by atoms with van der Waals surface area (Å²) in [6.45, 7) is 5.19. The van der Waals surface area contributed by atoms with Gasteiger partial charge in [0.2, 0.25) is 5.78 Å². The lowest BCUT2D eigenvalue weighted by molar-refractivity contribution is 0.104. The molecule has 0 aliphatic carbocycles. The lowest BCUT2D eigenvalue weighted by Gasteiger charge is -2.11. The van der Waals surface area contributed by atoms with Crippen molar-refractivity contribution in [2.45, 2.75) is 20.3 Å². The van der Waals surface area contributed by atoms with E-state index in [0.29, 0.717) is 24.7 Å². The van der Waals surface area contributed by atoms with Crippen LogP contribution in [0.25, 0.3) is 6.08 Å². The molecule has 0 N–H and O–H groups in total. The van der Waals surface area contributed by atoms with Crippen molar-refractivity contribution in [1.29, 1.82) is 0 Å². The van der Waals surface area contributed by atoms with Gasteiger partial charge in [-0.15, -0.1) is 0 Å². The van der Waals surface area contributed by atoms with Crippen LogP contribution in [0.5, 0.6) is 11.5 Å². The normalized spacial score (nSPS) is 10.7. The molecule has 0 aliphatic heterocycles. The number of ether oxygens (including phenoxy) is 2. The molecule has 0 amide bonds. The fraction of sp³-hybridized carbons (Fsp3) is 0.263. The second-order valence-corrected chi connectivity index (χ2v) is 4.90. The molecule has 1 aromatic carbocycles. The zero-order valence-corrected chi connectivity index (χ0v) is 13.5. The average molecular weight is 311 g/mol. The number of aromatic nitrogens is 1. The van der Waals surface area contributed by atoms with Crippen LogP contribution in [0.4, 0.5) is 0 Å². The molecule has 0 aliphatic rings. The van der Waals surface area contributed by atoms with Crippen molar-refractivity contribution in [3.63, 3.8) is 0 Å². The predicted molar refractivity (Wildman–Crippen MR) is 91.0 cm³/mol. The lowest BCUT2D eigenvalue weighted by atomic mass is 10.1. The standard InChI is InChI=1S/C19H21NO3/c1-3-13-23-18-11-9-15(14-19(18)22-4-2)8-10-17(21)16-7-5-6-12-20-16/h5-12,14H,3-4,13H2,1-2H3/b10-8+. The predicted octanol–water partition coefficient (Wildman–Crippen LogP) is 4.17. The number of hydrogen-bond donors (Lipinski definition) is 0. The first-order chi connectivity index (χ1) is 11.2. The molecule has 0 spiro atoms. The number of benzene rings is 1. The molecule has 0 unspecified atom stereocenters. The van der Waals surface area contributed by atoms with Crippen LogP contribution >= 0.6 is 0 Å². The topological polar surface area (TPSA) is 48.4 Å². The molecule has 2 rings (SSSR count). The third-order valence-corrected chi connectivity index (χ3v) is 3.07. The number of ketones is 1. The van der Waals surface area contributed by atoms with Crippen LogP contribution in [-0.2, 0) is 0 Å². The van der Waals surface area contributed by atoms with Crippen molar-refractivity contribution >= 4 is 11.9 Å². The van der Waals surface area contributed by atoms with Crippen LogP contribution in [0.1, 0.15) is 36.3 Å². The Morgan fingerprint density at radius 1 is 1.13 bits per heavy atom. The van der Waals surface area contributed by atoms with Crippen LogP contribution in [0, 0.1) is 0 Å². The molecule has 0 fully saturated rings. The Bertz CT molecular complexity index is 666. The number of pyridine rings is 1. The highest BCUT2D eigenvalue weighted by molar-refractivity contribution is 6.05. The maximum absolute atomic E-state index is 12.0. The third kappa shape index (κ3) is 4.95. The summed E-state index contributed by atoms with van der Waals surface area (Å²) in [7, 11) is 0. The maximum atomic E-state index is 12.0. The van der Waals surface area contributed by atoms with Gasteiger partial charge in [0.05, 0.1) is 13.2 Å². The van der Waals surface area contributed by atoms with Crippen LogP contribution in [0.2, 0.25) is 0 Å². The van der Waals surface area contributed by atoms with E-state index in [9.17, 15) is 4.79 Å². The van der Waals surface area contributed by atoms with Gasteiger partial charge in [-0.2, -0.15) is 0 Å². The van der Waals surface area contributed by atoms with Crippen LogP contribution in [0.15, 0.2) is 48.7 Å². The molecule has 0 radical (unpaired) electrons. The van der Waals surface area contributed by atoms with Gasteiger partial charge < -0.3 is 9.47 Å². The second-order valence-electron chi connectivity index (χ2n) is 4.90. The molecule has 120 valence electrons. The summed E-state index contributed by atoms with van der Waals surface area (Å²) in [6.07, 6.45) is 5.81. The molecule has 2 aromatic rings. The van der Waals surface area contributed by atoms with Crippen molar-refractivity contribution in [3.05, 3.63) is 59.9 Å². The number of hydrogen-bond acceptors (Lipinski definition) is 4. The second kappa shape index (κ2) is 8.73. The highest BCUT2D eigenvalue weighted by Gasteiger charge is 2.06. The Kier molecular flexibility index (Phi) is 6.36. The minimum absolute atomic E-state index is 0.130. The van der Waals surface area contributed by atoms with Crippen LogP contribution in [-0.4, -0.2) is 24.0 Å². The van der Waals surface area contributed by atoms with E-state index in [2.05, 4.69) is 11.9 Å². The summed E-state index contributed by atoms with van der Waals surface area (Å²) >= 11 is 0. The van der Waals surface area contributed by atoms with Gasteiger partial charge in [-0.1, -0.05) is 25.1 Å². The molecule has 0 saturated carbocycles. The fourth-order valence-electron chi connectivity index (χ4n) is 1.99. The first-order valence-corrected chi connectivity index (χ1v) is 7.77. The van der Waals surface area contributed by atoms with Gasteiger partial charge in [0, 0.05) is 6.20 Å². The lowest BCUT2D eigenvalue weighted by Crippen LogP contribution is -2.00. The van der Waals surface area contributed by atoms with Gasteiger partial charge in [-0.25, -0.2) is 0 Å². The smallest absolute Gasteiger partial charge is 0.204 e. The summed E-state index contributed by atoms with van der Waals surface area (Å²) in [4.78, 5) is 16.1. The average Bonchev–Trinajstić information content (AvgIpc) is 2.60. The van der Waals surface area contributed by atoms with Gasteiger partial charge in [0.15, 0.2) is 11.5 Å². The first kappa shape index (κ1) is 16.7. The van der Waals surface area contributed by atoms with E-state index >= 15 is 0 Å². The Labute approximate surface area is 136 Å². The molecular weight excluding hydrogens is 290 g/mol. The minimum atomic E-state index is -0.130. The minimum Gasteiger partial charge on any atom is -0.490 e. The van der Waals surface area contributed by atoms with Crippen LogP contribution in [0.3, 0.4) is 0 Å². The van der Waals surface area contributed by atoms with Gasteiger partial charge in [0.25, 0.3) is 0 Å². The molecule has 4 heteroatoms. The number of carbonyl (C=O) groups excluding carboxylic acids is 1. The molecule has 23 heavy (non-hydrogen) atoms. The Hall–Kier alpha value is -2.62. The Morgan fingerprint density at radius 2 is 2.00 bits per heavy atom. The van der Waals surface area contributed by atoms with Crippen molar-refractivity contribution in [3.8, 4) is 11.5 Å². The number of rotatable bonds is 8. The van der Waals surface area contributed by atoms with E-state index in [0.717, 1.165) is 17.7 Å². The van der Waals surface area contributed by atoms with E-state index in [1.807, 2.05) is 25.1 Å².